The molecule has 0 aromatic heterocycles. The molecule has 0 aliphatic heterocycles. The Labute approximate surface area is 204 Å². The summed E-state index contributed by atoms with van der Waals surface area (Å²) in [6.07, 6.45) is 9.26. The van der Waals surface area contributed by atoms with Gasteiger partial charge in [-0.25, -0.2) is 0 Å². The smallest absolute Gasteiger partial charge is 0.248 e. The second kappa shape index (κ2) is 12.4. The van der Waals surface area contributed by atoms with E-state index in [-0.39, 0.29) is 16.3 Å². The Morgan fingerprint density at radius 1 is 0.912 bits per heavy atom. The number of benzene rings is 4. The number of hydrogen-bond acceptors (Lipinski definition) is 3. The van der Waals surface area contributed by atoms with Crippen LogP contribution in [0.4, 0.5) is 0 Å². The van der Waals surface area contributed by atoms with Crippen molar-refractivity contribution in [2.24, 2.45) is 5.73 Å². The van der Waals surface area contributed by atoms with E-state index in [1.54, 1.807) is 0 Å². The number of unbranched alkanes of at least 4 members (excludes halogenated alkanes) is 1. The van der Waals surface area contributed by atoms with E-state index in [9.17, 15) is 4.79 Å². The van der Waals surface area contributed by atoms with Crippen LogP contribution in [0.3, 0.4) is 0 Å². The number of fused-ring (bicyclic) bond motifs is 1. The Morgan fingerprint density at radius 2 is 1.56 bits per heavy atom. The number of carbonyl (C=O) groups is 1. The Bertz CT molecular complexity index is 1300. The first-order valence-corrected chi connectivity index (χ1v) is 11.4. The molecule has 0 radical (unpaired) electrons. The molecule has 0 spiro atoms. The van der Waals surface area contributed by atoms with Crippen molar-refractivity contribution in [1.29, 1.82) is 5.41 Å². The third-order valence-corrected chi connectivity index (χ3v) is 5.66. The number of carbonyl (C=O) groups excluding carboxylic acids is 1. The molecular formula is C29H27ClN2O2. The molecule has 0 atom stereocenters. The normalized spacial score (nSPS) is 10.6. The summed E-state index contributed by atoms with van der Waals surface area (Å²) in [5, 5.41) is 19.0. The molecule has 0 aliphatic rings. The van der Waals surface area contributed by atoms with Gasteiger partial charge in [-0.05, 0) is 64.9 Å². The lowest BCUT2D eigenvalue weighted by Crippen LogP contribution is -2.10. The molecule has 5 heteroatoms. The van der Waals surface area contributed by atoms with E-state index in [0.29, 0.717) is 0 Å². The van der Waals surface area contributed by atoms with Crippen LogP contribution in [0, 0.1) is 5.41 Å². The molecule has 4 rings (SSSR count). The molecular weight excluding hydrogens is 444 g/mol. The number of hydrogen-bond donors (Lipinski definition) is 3. The van der Waals surface area contributed by atoms with E-state index < -0.39 is 5.91 Å². The minimum absolute atomic E-state index is 0.0586. The molecule has 0 unspecified atom stereocenters. The molecule has 0 bridgehead atoms. The van der Waals surface area contributed by atoms with Gasteiger partial charge in [-0.2, -0.15) is 0 Å². The number of halogens is 1. The lowest BCUT2D eigenvalue weighted by atomic mass is 9.99. The van der Waals surface area contributed by atoms with E-state index in [0.717, 1.165) is 30.2 Å². The topological polar surface area (TPSA) is 87.2 Å². The van der Waals surface area contributed by atoms with Gasteiger partial charge >= 0.3 is 0 Å². The van der Waals surface area contributed by atoms with Gasteiger partial charge in [0, 0.05) is 11.8 Å². The molecule has 0 saturated carbocycles. The molecule has 172 valence electrons. The van der Waals surface area contributed by atoms with Gasteiger partial charge in [0.25, 0.3) is 0 Å². The van der Waals surface area contributed by atoms with Crippen LogP contribution in [0.25, 0.3) is 16.8 Å². The Kier molecular flexibility index (Phi) is 9.01. The first-order valence-electron chi connectivity index (χ1n) is 11.0. The van der Waals surface area contributed by atoms with E-state index in [2.05, 4.69) is 66.7 Å². The summed E-state index contributed by atoms with van der Waals surface area (Å²) in [6, 6.07) is 27.1. The Balaban J connectivity index is 0.000000248. The fraction of sp³-hybridized carbons (Fsp3) is 0.103. The fourth-order valence-electron chi connectivity index (χ4n) is 3.56. The third-order valence-electron chi connectivity index (χ3n) is 5.36. The highest BCUT2D eigenvalue weighted by Crippen LogP contribution is 2.24. The number of phenols is 1. The molecule has 4 nitrogen and oxygen atoms in total. The van der Waals surface area contributed by atoms with Crippen molar-refractivity contribution >= 4 is 40.6 Å². The first kappa shape index (κ1) is 24.7. The highest BCUT2D eigenvalue weighted by atomic mass is 35.5. The van der Waals surface area contributed by atoms with Crippen molar-refractivity contribution in [3.63, 3.8) is 0 Å². The first-order chi connectivity index (χ1) is 16.5. The Morgan fingerprint density at radius 3 is 2.21 bits per heavy atom. The second-order valence-electron chi connectivity index (χ2n) is 7.74. The third kappa shape index (κ3) is 6.80. The van der Waals surface area contributed by atoms with Gasteiger partial charge in [-0.1, -0.05) is 90.5 Å². The second-order valence-corrected chi connectivity index (χ2v) is 8.15. The van der Waals surface area contributed by atoms with Gasteiger partial charge in [-0.15, -0.1) is 0 Å². The van der Waals surface area contributed by atoms with Gasteiger partial charge in [-0.3, -0.25) is 4.79 Å². The van der Waals surface area contributed by atoms with Crippen LogP contribution in [-0.2, 0) is 6.42 Å². The number of nitrogens with two attached hydrogens (primary N) is 1. The lowest BCUT2D eigenvalue weighted by molar-refractivity contribution is 0.100. The molecule has 0 saturated heterocycles. The maximum absolute atomic E-state index is 10.5. The van der Waals surface area contributed by atoms with Crippen LogP contribution in [0.2, 0.25) is 5.02 Å². The molecule has 0 heterocycles. The summed E-state index contributed by atoms with van der Waals surface area (Å²) in [7, 11) is 0. The van der Waals surface area contributed by atoms with Crippen molar-refractivity contribution in [3.05, 3.63) is 118 Å². The number of nitrogens with one attached hydrogen (secondary N) is 1. The predicted molar refractivity (Wildman–Crippen MR) is 142 cm³/mol. The minimum atomic E-state index is -0.563. The zero-order valence-corrected chi connectivity index (χ0v) is 19.5. The highest BCUT2D eigenvalue weighted by molar-refractivity contribution is 6.32. The molecule has 34 heavy (non-hydrogen) atoms. The number of aromatic hydroxyl groups is 1. The molecule has 4 N–H and O–H groups in total. The zero-order chi connectivity index (χ0) is 24.3. The number of aryl methyl sites for hydroxylation is 1. The average Bonchev–Trinajstić information content (AvgIpc) is 2.86. The van der Waals surface area contributed by atoms with Crippen molar-refractivity contribution in [2.75, 3.05) is 0 Å². The average molecular weight is 471 g/mol. The summed E-state index contributed by atoms with van der Waals surface area (Å²) < 4.78 is 0. The maximum atomic E-state index is 10.5. The summed E-state index contributed by atoms with van der Waals surface area (Å²) in [6.45, 7) is 0. The quantitative estimate of drug-likeness (QED) is 0.200. The highest BCUT2D eigenvalue weighted by Gasteiger charge is 2.03. The number of phenolic OH excluding ortho intramolecular Hbond substituents is 1. The molecule has 0 aliphatic carbocycles. The van der Waals surface area contributed by atoms with Crippen molar-refractivity contribution < 1.29 is 9.90 Å². The molecule has 0 fully saturated rings. The minimum Gasteiger partial charge on any atom is -0.506 e. The van der Waals surface area contributed by atoms with E-state index >= 15 is 0 Å². The summed E-state index contributed by atoms with van der Waals surface area (Å²) in [4.78, 5) is 10.5. The van der Waals surface area contributed by atoms with Crippen molar-refractivity contribution in [2.45, 2.75) is 19.3 Å². The van der Waals surface area contributed by atoms with Gasteiger partial charge < -0.3 is 16.2 Å². The SMILES string of the molecule is N=Cc1ccc(/C=C/CCCc2ccccc2)c2ccccc12.NC(=O)c1ccc(O)c(Cl)c1. The number of allylic oxidation sites excluding steroid dienone is 1. The van der Waals surface area contributed by atoms with Crippen LogP contribution in [-0.4, -0.2) is 17.2 Å². The molecule has 4 aromatic rings. The number of primary amides is 1. The van der Waals surface area contributed by atoms with Crippen LogP contribution in [0.15, 0.2) is 91.0 Å². The van der Waals surface area contributed by atoms with Crippen molar-refractivity contribution in [1.82, 2.24) is 0 Å². The monoisotopic (exact) mass is 470 g/mol. The summed E-state index contributed by atoms with van der Waals surface area (Å²) >= 11 is 5.50. The van der Waals surface area contributed by atoms with Crippen molar-refractivity contribution in [3.8, 4) is 5.75 Å². The number of amides is 1. The van der Waals surface area contributed by atoms with Crippen LogP contribution in [0.5, 0.6) is 5.75 Å². The van der Waals surface area contributed by atoms with E-state index in [1.165, 1.54) is 40.9 Å². The van der Waals surface area contributed by atoms with Gasteiger partial charge in [0.05, 0.1) is 5.02 Å². The molecule has 4 aromatic carbocycles. The summed E-state index contributed by atoms with van der Waals surface area (Å²) in [5.41, 5.74) is 8.84. The van der Waals surface area contributed by atoms with Gasteiger partial charge in [0.2, 0.25) is 5.91 Å². The standard InChI is InChI=1S/C22H21N.C7H6ClNO2/c23-17-20-16-15-19(21-13-7-8-14-22(20)21)12-6-2-5-11-18-9-3-1-4-10-18;8-5-3-4(7(9)11)1-2-6(5)10/h1,3-4,6-10,12-17,23H,2,5,11H2;1-3,10H,(H2,9,11)/b12-6+,23-17?;. The van der Waals surface area contributed by atoms with Gasteiger partial charge in [0.1, 0.15) is 5.75 Å². The maximum Gasteiger partial charge on any atom is 0.248 e. The van der Waals surface area contributed by atoms with E-state index in [4.69, 9.17) is 27.9 Å². The van der Waals surface area contributed by atoms with Crippen LogP contribution in [0.1, 0.15) is 39.9 Å². The zero-order valence-electron chi connectivity index (χ0n) is 18.7. The lowest BCUT2D eigenvalue weighted by Gasteiger charge is -2.05. The summed E-state index contributed by atoms with van der Waals surface area (Å²) in [5.74, 6) is -0.622. The largest absolute Gasteiger partial charge is 0.506 e. The van der Waals surface area contributed by atoms with Crippen LogP contribution < -0.4 is 5.73 Å². The fourth-order valence-corrected chi connectivity index (χ4v) is 3.74. The van der Waals surface area contributed by atoms with Gasteiger partial charge in [0.15, 0.2) is 0 Å². The van der Waals surface area contributed by atoms with Crippen LogP contribution >= 0.6 is 11.6 Å². The predicted octanol–water partition coefficient (Wildman–Crippen LogP) is 7.02. The Hall–Kier alpha value is -3.89. The number of rotatable bonds is 7. The van der Waals surface area contributed by atoms with E-state index in [1.807, 2.05) is 12.1 Å². The molecule has 1 amide bonds.